The van der Waals surface area contributed by atoms with Crippen LogP contribution in [0.1, 0.15) is 45.7 Å². The van der Waals surface area contributed by atoms with Gasteiger partial charge in [-0.3, -0.25) is 0 Å². The Kier molecular flexibility index (Phi) is 3.23. The third-order valence-corrected chi connectivity index (χ3v) is 5.11. The lowest BCUT2D eigenvalue weighted by Gasteiger charge is -2.21. The zero-order chi connectivity index (χ0) is 15.1. The van der Waals surface area contributed by atoms with Crippen molar-refractivity contribution in [1.82, 2.24) is 4.98 Å². The van der Waals surface area contributed by atoms with Gasteiger partial charge >= 0.3 is 0 Å². The van der Waals surface area contributed by atoms with Gasteiger partial charge in [-0.2, -0.15) is 0 Å². The minimum absolute atomic E-state index is 0.273. The van der Waals surface area contributed by atoms with E-state index in [9.17, 15) is 0 Å². The van der Waals surface area contributed by atoms with Gasteiger partial charge in [0.2, 0.25) is 0 Å². The van der Waals surface area contributed by atoms with Crippen molar-refractivity contribution < 1.29 is 4.42 Å². The van der Waals surface area contributed by atoms with Gasteiger partial charge < -0.3 is 4.42 Å². The van der Waals surface area contributed by atoms with Crippen molar-refractivity contribution in [3.8, 4) is 0 Å². The maximum atomic E-state index is 5.83. The molecule has 0 saturated heterocycles. The summed E-state index contributed by atoms with van der Waals surface area (Å²) in [7, 11) is 0. The van der Waals surface area contributed by atoms with Crippen LogP contribution in [0, 0.1) is 13.8 Å². The zero-order valence-corrected chi connectivity index (χ0v) is 13.5. The van der Waals surface area contributed by atoms with Crippen molar-refractivity contribution in [2.24, 2.45) is 0 Å². The van der Waals surface area contributed by atoms with Crippen LogP contribution in [-0.4, -0.2) is 4.98 Å². The molecule has 1 aliphatic rings. The molecule has 2 aromatic heterocycles. The highest BCUT2D eigenvalue weighted by molar-refractivity contribution is 7.11. The molecule has 1 aromatic carbocycles. The number of nitrogens with zero attached hydrogens (tertiary/aromatic N) is 1. The van der Waals surface area contributed by atoms with Crippen molar-refractivity contribution >= 4 is 23.0 Å². The highest BCUT2D eigenvalue weighted by atomic mass is 32.1. The summed E-state index contributed by atoms with van der Waals surface area (Å²) in [5.74, 6) is 1.93. The second-order valence-electron chi connectivity index (χ2n) is 5.80. The fourth-order valence-corrected chi connectivity index (χ4v) is 3.81. The number of hydrogen-bond acceptors (Lipinski definition) is 3. The molecule has 1 aliphatic carbocycles. The van der Waals surface area contributed by atoms with Gasteiger partial charge in [0.1, 0.15) is 0 Å². The monoisotopic (exact) mass is 307 g/mol. The Balaban J connectivity index is 1.82. The summed E-state index contributed by atoms with van der Waals surface area (Å²) in [6.07, 6.45) is 3.13. The van der Waals surface area contributed by atoms with Gasteiger partial charge in [0.15, 0.2) is 11.7 Å². The first kappa shape index (κ1) is 13.5. The zero-order valence-electron chi connectivity index (χ0n) is 12.7. The molecule has 22 heavy (non-hydrogen) atoms. The normalized spacial score (nSPS) is 17.2. The summed E-state index contributed by atoms with van der Waals surface area (Å²) in [6, 6.07) is 13.0. The van der Waals surface area contributed by atoms with Crippen LogP contribution >= 0.6 is 11.3 Å². The molecule has 3 aromatic rings. The van der Waals surface area contributed by atoms with E-state index < -0.39 is 0 Å². The second kappa shape index (κ2) is 5.25. The topological polar surface area (TPSA) is 26.0 Å². The molecule has 0 bridgehead atoms. The lowest BCUT2D eigenvalue weighted by molar-refractivity contribution is 0.510. The Morgan fingerprint density at radius 1 is 1.14 bits per heavy atom. The van der Waals surface area contributed by atoms with E-state index in [-0.39, 0.29) is 5.92 Å². The van der Waals surface area contributed by atoms with E-state index in [0.717, 1.165) is 23.8 Å². The highest BCUT2D eigenvalue weighted by Gasteiger charge is 2.28. The maximum absolute atomic E-state index is 5.83. The predicted octanol–water partition coefficient (Wildman–Crippen LogP) is 5.43. The number of hydrogen-bond donors (Lipinski definition) is 0. The van der Waals surface area contributed by atoms with Crippen LogP contribution in [0.3, 0.4) is 0 Å². The molecule has 0 fully saturated rings. The minimum atomic E-state index is 0.273. The van der Waals surface area contributed by atoms with Gasteiger partial charge in [0.25, 0.3) is 0 Å². The smallest absolute Gasteiger partial charge is 0.192 e. The summed E-state index contributed by atoms with van der Waals surface area (Å²) in [5.41, 5.74) is 5.00. The molecule has 0 spiro atoms. The van der Waals surface area contributed by atoms with Gasteiger partial charge in [0, 0.05) is 17.7 Å². The molecule has 2 heterocycles. The third kappa shape index (κ3) is 2.32. The molecule has 2 nitrogen and oxygen atoms in total. The number of fused-ring (bicyclic) bond motifs is 1. The minimum Gasteiger partial charge on any atom is -0.441 e. The lowest BCUT2D eigenvalue weighted by atomic mass is 9.84. The van der Waals surface area contributed by atoms with Crippen LogP contribution in [0.2, 0.25) is 0 Å². The average molecular weight is 307 g/mol. The molecular weight excluding hydrogens is 290 g/mol. The quantitative estimate of drug-likeness (QED) is 0.631. The van der Waals surface area contributed by atoms with E-state index in [1.807, 2.05) is 6.92 Å². The fourth-order valence-electron chi connectivity index (χ4n) is 3.05. The summed E-state index contributed by atoms with van der Waals surface area (Å²) in [6.45, 7) is 4.04. The molecule has 0 amide bonds. The van der Waals surface area contributed by atoms with Crippen LogP contribution in [0.25, 0.3) is 11.6 Å². The number of aryl methyl sites for hydroxylation is 2. The van der Waals surface area contributed by atoms with Gasteiger partial charge in [-0.1, -0.05) is 35.9 Å². The molecule has 4 rings (SSSR count). The van der Waals surface area contributed by atoms with Crippen LogP contribution in [0.5, 0.6) is 0 Å². The number of allylic oxidation sites excluding steroid dienone is 1. The van der Waals surface area contributed by atoms with E-state index >= 15 is 0 Å². The fraction of sp³-hybridized carbons (Fsp3) is 0.211. The van der Waals surface area contributed by atoms with Gasteiger partial charge in [-0.15, -0.1) is 11.3 Å². The summed E-state index contributed by atoms with van der Waals surface area (Å²) < 4.78 is 5.83. The molecule has 0 saturated carbocycles. The SMILES string of the molecule is Cc1ccc(C2CC(c3cccs3)=Cc3oc(C)nc32)cc1. The Morgan fingerprint density at radius 3 is 2.68 bits per heavy atom. The van der Waals surface area contributed by atoms with Crippen molar-refractivity contribution in [1.29, 1.82) is 0 Å². The molecular formula is C19H17NOS. The molecule has 0 aliphatic heterocycles. The predicted molar refractivity (Wildman–Crippen MR) is 91.1 cm³/mol. The van der Waals surface area contributed by atoms with Gasteiger partial charge in [0.05, 0.1) is 5.69 Å². The van der Waals surface area contributed by atoms with E-state index in [1.54, 1.807) is 11.3 Å². The van der Waals surface area contributed by atoms with Crippen molar-refractivity contribution in [2.45, 2.75) is 26.2 Å². The maximum Gasteiger partial charge on any atom is 0.192 e. The van der Waals surface area contributed by atoms with Crippen LogP contribution in [0.4, 0.5) is 0 Å². The highest BCUT2D eigenvalue weighted by Crippen LogP contribution is 2.42. The van der Waals surface area contributed by atoms with Crippen molar-refractivity contribution in [3.63, 3.8) is 0 Å². The van der Waals surface area contributed by atoms with Crippen molar-refractivity contribution in [2.75, 3.05) is 0 Å². The second-order valence-corrected chi connectivity index (χ2v) is 6.74. The van der Waals surface area contributed by atoms with Crippen LogP contribution in [-0.2, 0) is 0 Å². The van der Waals surface area contributed by atoms with E-state index in [2.05, 4.69) is 59.8 Å². The Morgan fingerprint density at radius 2 is 1.95 bits per heavy atom. The van der Waals surface area contributed by atoms with E-state index in [0.29, 0.717) is 0 Å². The largest absolute Gasteiger partial charge is 0.441 e. The molecule has 0 N–H and O–H groups in total. The molecule has 0 radical (unpaired) electrons. The first-order valence-electron chi connectivity index (χ1n) is 7.49. The molecule has 1 unspecified atom stereocenters. The first-order chi connectivity index (χ1) is 10.7. The average Bonchev–Trinajstić information content (AvgIpc) is 3.15. The number of aromatic nitrogens is 1. The standard InChI is InChI=1S/C19H17NOS/c1-12-5-7-14(8-6-12)16-10-15(18-4-3-9-22-18)11-17-19(16)20-13(2)21-17/h3-9,11,16H,10H2,1-2H3. The molecule has 110 valence electrons. The Hall–Kier alpha value is -2.13. The number of oxazole rings is 1. The van der Waals surface area contributed by atoms with Crippen LogP contribution < -0.4 is 0 Å². The van der Waals surface area contributed by atoms with E-state index in [1.165, 1.54) is 21.6 Å². The summed E-state index contributed by atoms with van der Waals surface area (Å²) in [4.78, 5) is 5.96. The molecule has 3 heteroatoms. The number of rotatable bonds is 2. The van der Waals surface area contributed by atoms with Crippen LogP contribution in [0.15, 0.2) is 46.2 Å². The number of thiophene rings is 1. The van der Waals surface area contributed by atoms with E-state index in [4.69, 9.17) is 4.42 Å². The Bertz CT molecular complexity index is 825. The lowest BCUT2D eigenvalue weighted by Crippen LogP contribution is -2.08. The van der Waals surface area contributed by atoms with Crippen molar-refractivity contribution in [3.05, 3.63) is 75.1 Å². The summed E-state index contributed by atoms with van der Waals surface area (Å²) >= 11 is 1.78. The first-order valence-corrected chi connectivity index (χ1v) is 8.37. The third-order valence-electron chi connectivity index (χ3n) is 4.16. The molecule has 1 atom stereocenters. The number of benzene rings is 1. The van der Waals surface area contributed by atoms with Gasteiger partial charge in [-0.05, 0) is 42.0 Å². The summed E-state index contributed by atoms with van der Waals surface area (Å²) in [5, 5.41) is 2.12. The Labute approximate surface area is 134 Å². The van der Waals surface area contributed by atoms with Gasteiger partial charge in [-0.25, -0.2) is 4.98 Å².